The van der Waals surface area contributed by atoms with E-state index in [1.165, 1.54) is 10.4 Å². The first-order valence-corrected chi connectivity index (χ1v) is 8.41. The van der Waals surface area contributed by atoms with Crippen molar-refractivity contribution in [1.29, 1.82) is 0 Å². The zero-order valence-corrected chi connectivity index (χ0v) is 13.9. The Hall–Kier alpha value is -2.34. The molecule has 0 unspecified atom stereocenters. The van der Waals surface area contributed by atoms with Crippen molar-refractivity contribution < 1.29 is 9.47 Å². The normalized spacial score (nSPS) is 13.8. The molecule has 1 N–H and O–H groups in total. The van der Waals surface area contributed by atoms with Gasteiger partial charge in [0.2, 0.25) is 0 Å². The highest BCUT2D eigenvalue weighted by Gasteiger charge is 2.14. The van der Waals surface area contributed by atoms with Crippen LogP contribution in [0.2, 0.25) is 0 Å². The average Bonchev–Trinajstić information content (AvgIpc) is 2.73. The first-order valence-electron chi connectivity index (χ1n) is 7.60. The summed E-state index contributed by atoms with van der Waals surface area (Å²) in [4.78, 5) is 11.1. The summed E-state index contributed by atoms with van der Waals surface area (Å²) >= 11 is 1.69. The van der Waals surface area contributed by atoms with Gasteiger partial charge in [0.1, 0.15) is 17.0 Å². The lowest BCUT2D eigenvalue weighted by molar-refractivity contribution is 0.297. The minimum Gasteiger partial charge on any atom is -0.490 e. The predicted octanol–water partition coefficient (Wildman–Crippen LogP) is 4.21. The van der Waals surface area contributed by atoms with Crippen LogP contribution in [0.15, 0.2) is 24.5 Å². The van der Waals surface area contributed by atoms with E-state index in [0.717, 1.165) is 39.6 Å². The molecule has 6 heteroatoms. The maximum absolute atomic E-state index is 5.75. The number of hydrogen-bond donors (Lipinski definition) is 1. The van der Waals surface area contributed by atoms with Crippen LogP contribution in [0.25, 0.3) is 10.2 Å². The van der Waals surface area contributed by atoms with Crippen LogP contribution in [-0.4, -0.2) is 23.2 Å². The molecule has 0 bridgehead atoms. The fraction of sp³-hybridized carbons (Fsp3) is 0.294. The highest BCUT2D eigenvalue weighted by molar-refractivity contribution is 7.18. The maximum atomic E-state index is 5.75. The second-order valence-corrected chi connectivity index (χ2v) is 6.73. The SMILES string of the molecule is Cc1sc2ncnc(Nc3ccc4c(c3)OCCCO4)c2c1C. The Labute approximate surface area is 138 Å². The summed E-state index contributed by atoms with van der Waals surface area (Å²) in [6, 6.07) is 5.88. The van der Waals surface area contributed by atoms with Gasteiger partial charge in [0, 0.05) is 23.1 Å². The van der Waals surface area contributed by atoms with Crippen molar-refractivity contribution in [2.75, 3.05) is 18.5 Å². The molecule has 118 valence electrons. The van der Waals surface area contributed by atoms with Crippen LogP contribution < -0.4 is 14.8 Å². The fourth-order valence-corrected chi connectivity index (χ4v) is 3.65. The predicted molar refractivity (Wildman–Crippen MR) is 92.2 cm³/mol. The molecule has 1 aliphatic heterocycles. The third-order valence-corrected chi connectivity index (χ3v) is 5.09. The minimum absolute atomic E-state index is 0.678. The van der Waals surface area contributed by atoms with E-state index in [2.05, 4.69) is 29.1 Å². The van der Waals surface area contributed by atoms with E-state index in [9.17, 15) is 0 Å². The molecule has 0 aliphatic carbocycles. The van der Waals surface area contributed by atoms with Crippen LogP contribution >= 0.6 is 11.3 Å². The highest BCUT2D eigenvalue weighted by atomic mass is 32.1. The number of nitrogens with one attached hydrogen (secondary N) is 1. The molecule has 0 saturated heterocycles. The largest absolute Gasteiger partial charge is 0.490 e. The Morgan fingerprint density at radius 1 is 1.09 bits per heavy atom. The van der Waals surface area contributed by atoms with E-state index in [-0.39, 0.29) is 0 Å². The van der Waals surface area contributed by atoms with E-state index < -0.39 is 0 Å². The second-order valence-electron chi connectivity index (χ2n) is 5.52. The monoisotopic (exact) mass is 327 g/mol. The number of nitrogens with zero attached hydrogens (tertiary/aromatic N) is 2. The number of ether oxygens (including phenoxy) is 2. The van der Waals surface area contributed by atoms with Crippen molar-refractivity contribution in [3.05, 3.63) is 35.0 Å². The van der Waals surface area contributed by atoms with Gasteiger partial charge in [0.25, 0.3) is 0 Å². The summed E-state index contributed by atoms with van der Waals surface area (Å²) in [5.74, 6) is 2.39. The number of anilines is 2. The molecule has 0 amide bonds. The smallest absolute Gasteiger partial charge is 0.163 e. The second kappa shape index (κ2) is 5.70. The molecular weight excluding hydrogens is 310 g/mol. The molecule has 0 fully saturated rings. The van der Waals surface area contributed by atoms with E-state index in [0.29, 0.717) is 13.2 Å². The van der Waals surface area contributed by atoms with E-state index in [4.69, 9.17) is 9.47 Å². The minimum atomic E-state index is 0.678. The number of thiophene rings is 1. The molecule has 0 spiro atoms. The van der Waals surface area contributed by atoms with E-state index in [1.54, 1.807) is 17.7 Å². The summed E-state index contributed by atoms with van der Waals surface area (Å²) in [6.45, 7) is 5.59. The van der Waals surface area contributed by atoms with Crippen LogP contribution in [0.5, 0.6) is 11.5 Å². The van der Waals surface area contributed by atoms with Gasteiger partial charge in [-0.1, -0.05) is 0 Å². The van der Waals surface area contributed by atoms with Crippen molar-refractivity contribution in [2.24, 2.45) is 0 Å². The number of fused-ring (bicyclic) bond motifs is 2. The Morgan fingerprint density at radius 3 is 2.78 bits per heavy atom. The Morgan fingerprint density at radius 2 is 1.91 bits per heavy atom. The van der Waals surface area contributed by atoms with Crippen LogP contribution in [0.1, 0.15) is 16.9 Å². The molecular formula is C17H17N3O2S. The standard InChI is InChI=1S/C17H17N3O2S/c1-10-11(2)23-17-15(10)16(18-9-19-17)20-12-4-5-13-14(8-12)22-7-3-6-21-13/h4-5,8-9H,3,6-7H2,1-2H3,(H,18,19,20). The Kier molecular flexibility index (Phi) is 3.53. The van der Waals surface area contributed by atoms with Gasteiger partial charge in [0.15, 0.2) is 11.5 Å². The summed E-state index contributed by atoms with van der Waals surface area (Å²) in [6.07, 6.45) is 2.50. The summed E-state index contributed by atoms with van der Waals surface area (Å²) in [5.41, 5.74) is 2.15. The van der Waals surface area contributed by atoms with Crippen LogP contribution in [0.3, 0.4) is 0 Å². The van der Waals surface area contributed by atoms with Gasteiger partial charge in [-0.15, -0.1) is 11.3 Å². The van der Waals surface area contributed by atoms with Crippen molar-refractivity contribution in [3.63, 3.8) is 0 Å². The lowest BCUT2D eigenvalue weighted by Gasteiger charge is -2.11. The first kappa shape index (κ1) is 14.3. The molecule has 0 saturated carbocycles. The summed E-state index contributed by atoms with van der Waals surface area (Å²) in [7, 11) is 0. The van der Waals surface area contributed by atoms with Gasteiger partial charge < -0.3 is 14.8 Å². The van der Waals surface area contributed by atoms with Crippen LogP contribution in [-0.2, 0) is 0 Å². The molecule has 1 aromatic carbocycles. The third-order valence-electron chi connectivity index (χ3n) is 3.98. The van der Waals surface area contributed by atoms with Crippen molar-refractivity contribution in [1.82, 2.24) is 9.97 Å². The van der Waals surface area contributed by atoms with Gasteiger partial charge in [-0.3, -0.25) is 0 Å². The number of rotatable bonds is 2. The maximum Gasteiger partial charge on any atom is 0.163 e. The van der Waals surface area contributed by atoms with Crippen molar-refractivity contribution >= 4 is 33.1 Å². The zero-order chi connectivity index (χ0) is 15.8. The van der Waals surface area contributed by atoms with Crippen molar-refractivity contribution in [3.8, 4) is 11.5 Å². The zero-order valence-electron chi connectivity index (χ0n) is 13.0. The van der Waals surface area contributed by atoms with Gasteiger partial charge >= 0.3 is 0 Å². The molecule has 3 heterocycles. The molecule has 0 atom stereocenters. The Balaban J connectivity index is 1.72. The van der Waals surface area contributed by atoms with E-state index in [1.807, 2.05) is 18.2 Å². The van der Waals surface area contributed by atoms with Gasteiger partial charge in [-0.25, -0.2) is 9.97 Å². The summed E-state index contributed by atoms with van der Waals surface area (Å²) < 4.78 is 11.4. The molecule has 5 nitrogen and oxygen atoms in total. The topological polar surface area (TPSA) is 56.3 Å². The van der Waals surface area contributed by atoms with Crippen LogP contribution in [0, 0.1) is 13.8 Å². The number of benzene rings is 1. The summed E-state index contributed by atoms with van der Waals surface area (Å²) in [5, 5.41) is 4.48. The van der Waals surface area contributed by atoms with Gasteiger partial charge in [-0.2, -0.15) is 0 Å². The quantitative estimate of drug-likeness (QED) is 0.764. The lowest BCUT2D eigenvalue weighted by atomic mass is 10.2. The average molecular weight is 327 g/mol. The number of aryl methyl sites for hydroxylation is 2. The lowest BCUT2D eigenvalue weighted by Crippen LogP contribution is -1.98. The molecule has 0 radical (unpaired) electrons. The van der Waals surface area contributed by atoms with Gasteiger partial charge in [0.05, 0.1) is 18.6 Å². The Bertz CT molecular complexity index is 876. The number of hydrogen-bond acceptors (Lipinski definition) is 6. The van der Waals surface area contributed by atoms with Crippen molar-refractivity contribution in [2.45, 2.75) is 20.3 Å². The van der Waals surface area contributed by atoms with Gasteiger partial charge in [-0.05, 0) is 31.5 Å². The van der Waals surface area contributed by atoms with E-state index >= 15 is 0 Å². The fourth-order valence-electron chi connectivity index (χ4n) is 2.65. The number of aromatic nitrogens is 2. The molecule has 1 aliphatic rings. The van der Waals surface area contributed by atoms with Crippen LogP contribution in [0.4, 0.5) is 11.5 Å². The molecule has 4 rings (SSSR count). The molecule has 2 aromatic heterocycles. The highest BCUT2D eigenvalue weighted by Crippen LogP contribution is 2.36. The first-order chi connectivity index (χ1) is 11.2. The molecule has 23 heavy (non-hydrogen) atoms. The third kappa shape index (κ3) is 2.59. The molecule has 3 aromatic rings.